The fourth-order valence-electron chi connectivity index (χ4n) is 2.35. The van der Waals surface area contributed by atoms with Crippen LogP contribution in [-0.4, -0.2) is 43.8 Å². The van der Waals surface area contributed by atoms with E-state index in [1.807, 2.05) is 23.1 Å². The Kier molecular flexibility index (Phi) is 5.34. The number of morpholine rings is 1. The average molecular weight is 410 g/mol. The molecular formula is C13H17ClIN3O2. The standard InChI is InChI=1S/C13H16ClN3O2.HI/c14-9-2-1-3-11-12(9)10(8-19-11)16-13(15)17-4-6-18-7-5-17;/h1-3,10H,4-8H2,(H2,15,16);1H. The van der Waals surface area contributed by atoms with Crippen molar-refractivity contribution in [2.45, 2.75) is 6.04 Å². The molecule has 1 fully saturated rings. The van der Waals surface area contributed by atoms with Crippen LogP contribution in [0.15, 0.2) is 23.2 Å². The van der Waals surface area contributed by atoms with E-state index < -0.39 is 0 Å². The van der Waals surface area contributed by atoms with Crippen LogP contribution in [0.3, 0.4) is 0 Å². The van der Waals surface area contributed by atoms with E-state index in [1.165, 1.54) is 0 Å². The Morgan fingerprint density at radius 2 is 2.10 bits per heavy atom. The number of benzene rings is 1. The molecule has 2 heterocycles. The number of hydrogen-bond donors (Lipinski definition) is 1. The van der Waals surface area contributed by atoms with Gasteiger partial charge in [-0.05, 0) is 12.1 Å². The number of halogens is 2. The molecular weight excluding hydrogens is 393 g/mol. The van der Waals surface area contributed by atoms with E-state index in [1.54, 1.807) is 0 Å². The van der Waals surface area contributed by atoms with E-state index in [-0.39, 0.29) is 30.0 Å². The maximum atomic E-state index is 6.21. The maximum Gasteiger partial charge on any atom is 0.192 e. The summed E-state index contributed by atoms with van der Waals surface area (Å²) in [5, 5.41) is 0.679. The molecule has 3 rings (SSSR count). The fraction of sp³-hybridized carbons (Fsp3) is 0.462. The van der Waals surface area contributed by atoms with E-state index in [2.05, 4.69) is 4.99 Å². The SMILES string of the molecule is I.NC(=NC1COc2cccc(Cl)c21)N1CCOCC1. The van der Waals surface area contributed by atoms with E-state index in [0.29, 0.717) is 30.8 Å². The summed E-state index contributed by atoms with van der Waals surface area (Å²) in [6, 6.07) is 5.51. The minimum absolute atomic E-state index is 0. The van der Waals surface area contributed by atoms with Crippen molar-refractivity contribution in [3.8, 4) is 5.75 Å². The Labute approximate surface area is 140 Å². The Morgan fingerprint density at radius 1 is 1.35 bits per heavy atom. The van der Waals surface area contributed by atoms with Crippen LogP contribution in [-0.2, 0) is 4.74 Å². The monoisotopic (exact) mass is 409 g/mol. The molecule has 2 aliphatic heterocycles. The highest BCUT2D eigenvalue weighted by molar-refractivity contribution is 14.0. The zero-order valence-corrected chi connectivity index (χ0v) is 14.0. The molecule has 0 aromatic heterocycles. The second-order valence-electron chi connectivity index (χ2n) is 4.57. The van der Waals surface area contributed by atoms with Crippen molar-refractivity contribution in [3.05, 3.63) is 28.8 Å². The number of aliphatic imine (C=N–C) groups is 1. The van der Waals surface area contributed by atoms with Crippen LogP contribution < -0.4 is 10.5 Å². The van der Waals surface area contributed by atoms with Crippen LogP contribution in [0, 0.1) is 0 Å². The Hall–Kier alpha value is -0.730. The number of rotatable bonds is 1. The number of nitrogens with two attached hydrogens (primary N) is 1. The molecule has 0 saturated carbocycles. The summed E-state index contributed by atoms with van der Waals surface area (Å²) in [6.07, 6.45) is 0. The topological polar surface area (TPSA) is 60.1 Å². The molecule has 0 spiro atoms. The highest BCUT2D eigenvalue weighted by Crippen LogP contribution is 2.39. The molecule has 1 aromatic carbocycles. The van der Waals surface area contributed by atoms with Gasteiger partial charge in [-0.1, -0.05) is 17.7 Å². The molecule has 7 heteroatoms. The van der Waals surface area contributed by atoms with Gasteiger partial charge < -0.3 is 20.1 Å². The van der Waals surface area contributed by atoms with Crippen molar-refractivity contribution in [1.82, 2.24) is 4.90 Å². The lowest BCUT2D eigenvalue weighted by Gasteiger charge is -2.28. The Bertz CT molecular complexity index is 506. The van der Waals surface area contributed by atoms with Gasteiger partial charge in [0.25, 0.3) is 0 Å². The number of guanidine groups is 1. The van der Waals surface area contributed by atoms with Crippen molar-refractivity contribution in [3.63, 3.8) is 0 Å². The molecule has 0 aliphatic carbocycles. The van der Waals surface area contributed by atoms with E-state index >= 15 is 0 Å². The Balaban J connectivity index is 0.00000147. The van der Waals surface area contributed by atoms with Gasteiger partial charge in [-0.25, -0.2) is 4.99 Å². The molecule has 2 N–H and O–H groups in total. The fourth-order valence-corrected chi connectivity index (χ4v) is 2.65. The van der Waals surface area contributed by atoms with E-state index in [4.69, 9.17) is 26.8 Å². The molecule has 0 radical (unpaired) electrons. The quantitative estimate of drug-likeness (QED) is 0.438. The van der Waals surface area contributed by atoms with Crippen LogP contribution in [0.1, 0.15) is 11.6 Å². The third-order valence-corrected chi connectivity index (χ3v) is 3.70. The van der Waals surface area contributed by atoms with Gasteiger partial charge in [-0.15, -0.1) is 24.0 Å². The van der Waals surface area contributed by atoms with Crippen LogP contribution >= 0.6 is 35.6 Å². The zero-order chi connectivity index (χ0) is 13.2. The number of nitrogens with zero attached hydrogens (tertiary/aromatic N) is 2. The smallest absolute Gasteiger partial charge is 0.192 e. The van der Waals surface area contributed by atoms with Crippen molar-refractivity contribution >= 4 is 41.5 Å². The number of ether oxygens (including phenoxy) is 2. The summed E-state index contributed by atoms with van der Waals surface area (Å²) in [5.41, 5.74) is 6.99. The van der Waals surface area contributed by atoms with Crippen LogP contribution in [0.2, 0.25) is 5.02 Å². The molecule has 20 heavy (non-hydrogen) atoms. The van der Waals surface area contributed by atoms with Crippen LogP contribution in [0.4, 0.5) is 0 Å². The van der Waals surface area contributed by atoms with E-state index in [0.717, 1.165) is 24.4 Å². The number of hydrogen-bond acceptors (Lipinski definition) is 3. The predicted octanol–water partition coefficient (Wildman–Crippen LogP) is 2.04. The minimum atomic E-state index is -0.119. The highest BCUT2D eigenvalue weighted by atomic mass is 127. The van der Waals surface area contributed by atoms with Gasteiger partial charge in [0, 0.05) is 23.7 Å². The average Bonchev–Trinajstić information content (AvgIpc) is 2.84. The first kappa shape index (κ1) is 15.7. The van der Waals surface area contributed by atoms with Gasteiger partial charge in [-0.3, -0.25) is 0 Å². The molecule has 1 unspecified atom stereocenters. The molecule has 0 bridgehead atoms. The van der Waals surface area contributed by atoms with Crippen molar-refractivity contribution in [1.29, 1.82) is 0 Å². The molecule has 5 nitrogen and oxygen atoms in total. The summed E-state index contributed by atoms with van der Waals surface area (Å²) in [4.78, 5) is 6.58. The van der Waals surface area contributed by atoms with Crippen molar-refractivity contribution < 1.29 is 9.47 Å². The van der Waals surface area contributed by atoms with Crippen molar-refractivity contribution in [2.24, 2.45) is 10.7 Å². The second kappa shape index (κ2) is 6.82. The van der Waals surface area contributed by atoms with Crippen LogP contribution in [0.25, 0.3) is 0 Å². The summed E-state index contributed by atoms with van der Waals surface area (Å²) in [6.45, 7) is 3.42. The number of fused-ring (bicyclic) bond motifs is 1. The second-order valence-corrected chi connectivity index (χ2v) is 4.97. The van der Waals surface area contributed by atoms with Gasteiger partial charge in [0.1, 0.15) is 18.4 Å². The third kappa shape index (κ3) is 3.12. The maximum absolute atomic E-state index is 6.21. The van der Waals surface area contributed by atoms with Crippen molar-refractivity contribution in [2.75, 3.05) is 32.9 Å². The van der Waals surface area contributed by atoms with Gasteiger partial charge in [0.15, 0.2) is 5.96 Å². The Morgan fingerprint density at radius 3 is 2.85 bits per heavy atom. The lowest BCUT2D eigenvalue weighted by atomic mass is 10.1. The van der Waals surface area contributed by atoms with Gasteiger partial charge >= 0.3 is 0 Å². The largest absolute Gasteiger partial charge is 0.491 e. The highest BCUT2D eigenvalue weighted by Gasteiger charge is 2.27. The predicted molar refractivity (Wildman–Crippen MR) is 89.1 cm³/mol. The van der Waals surface area contributed by atoms with Crippen LogP contribution in [0.5, 0.6) is 5.75 Å². The molecule has 1 atom stereocenters. The minimum Gasteiger partial charge on any atom is -0.491 e. The lowest BCUT2D eigenvalue weighted by molar-refractivity contribution is 0.0673. The normalized spacial score (nSPS) is 21.9. The summed E-state index contributed by atoms with van der Waals surface area (Å²) in [5.74, 6) is 1.33. The van der Waals surface area contributed by atoms with Gasteiger partial charge in [-0.2, -0.15) is 0 Å². The first-order chi connectivity index (χ1) is 9.25. The first-order valence-corrected chi connectivity index (χ1v) is 6.70. The summed E-state index contributed by atoms with van der Waals surface area (Å²) in [7, 11) is 0. The first-order valence-electron chi connectivity index (χ1n) is 6.33. The third-order valence-electron chi connectivity index (χ3n) is 3.37. The van der Waals surface area contributed by atoms with Gasteiger partial charge in [0.05, 0.1) is 13.2 Å². The lowest BCUT2D eigenvalue weighted by Crippen LogP contribution is -2.45. The molecule has 1 saturated heterocycles. The summed E-state index contributed by atoms with van der Waals surface area (Å²) < 4.78 is 10.9. The molecule has 1 aromatic rings. The zero-order valence-electron chi connectivity index (χ0n) is 10.9. The van der Waals surface area contributed by atoms with Gasteiger partial charge in [0.2, 0.25) is 0 Å². The molecule has 110 valence electrons. The summed E-state index contributed by atoms with van der Waals surface area (Å²) >= 11 is 6.21. The molecule has 2 aliphatic rings. The molecule has 0 amide bonds. The van der Waals surface area contributed by atoms with E-state index in [9.17, 15) is 0 Å².